The summed E-state index contributed by atoms with van der Waals surface area (Å²) >= 11 is 6.97. The van der Waals surface area contributed by atoms with Gasteiger partial charge in [0, 0.05) is 21.7 Å². The molecule has 0 saturated carbocycles. The normalized spacial score (nSPS) is 10.9. The molecule has 4 rings (SSSR count). The van der Waals surface area contributed by atoms with Crippen LogP contribution in [0.5, 0.6) is 17.2 Å². The molecule has 1 aromatic heterocycles. The Balaban J connectivity index is 1.33. The van der Waals surface area contributed by atoms with Crippen LogP contribution in [0.1, 0.15) is 18.1 Å². The van der Waals surface area contributed by atoms with E-state index < -0.39 is 5.91 Å². The van der Waals surface area contributed by atoms with Gasteiger partial charge in [0.05, 0.1) is 17.3 Å². The van der Waals surface area contributed by atoms with Gasteiger partial charge in [-0.15, -0.1) is 0 Å². The lowest BCUT2D eigenvalue weighted by Crippen LogP contribution is -2.24. The zero-order valence-electron chi connectivity index (χ0n) is 21.7. The number of anilines is 1. The summed E-state index contributed by atoms with van der Waals surface area (Å²) in [6.45, 7) is 3.72. The summed E-state index contributed by atoms with van der Waals surface area (Å²) in [4.78, 5) is 29.1. The van der Waals surface area contributed by atoms with E-state index >= 15 is 0 Å². The Morgan fingerprint density at radius 2 is 1.73 bits per heavy atom. The summed E-state index contributed by atoms with van der Waals surface area (Å²) in [6, 6.07) is 18.2. The minimum absolute atomic E-state index is 0.183. The number of pyridine rings is 1. The third-order valence-electron chi connectivity index (χ3n) is 5.55. The molecule has 2 N–H and O–H groups in total. The van der Waals surface area contributed by atoms with Gasteiger partial charge in [-0.3, -0.25) is 14.6 Å². The van der Waals surface area contributed by atoms with Crippen molar-refractivity contribution in [3.63, 3.8) is 0 Å². The van der Waals surface area contributed by atoms with E-state index in [4.69, 9.17) is 14.2 Å². The molecule has 0 bridgehead atoms. The number of benzene rings is 3. The standard InChI is InChI=1S/C29H26Br2N4O5/c1-3-38-25-13-19(10-11-24(25)39-16-26(36)34-23-9-5-4-7-18(23)2)15-33-35-27(37)17-40-29-22(31)14-21(30)20-8-6-12-32-28(20)29/h4-15H,3,16-17H2,1-2H3,(H,34,36)(H,35,37)/b33-15+. The van der Waals surface area contributed by atoms with Crippen LogP contribution in [0.25, 0.3) is 10.9 Å². The number of nitrogens with zero attached hydrogens (tertiary/aromatic N) is 2. The predicted octanol–water partition coefficient (Wildman–Crippen LogP) is 6.01. The van der Waals surface area contributed by atoms with Crippen molar-refractivity contribution in [2.24, 2.45) is 5.10 Å². The van der Waals surface area contributed by atoms with Gasteiger partial charge in [-0.1, -0.05) is 40.2 Å². The number of ether oxygens (including phenoxy) is 3. The van der Waals surface area contributed by atoms with E-state index in [1.807, 2.05) is 56.3 Å². The van der Waals surface area contributed by atoms with Crippen LogP contribution < -0.4 is 25.0 Å². The molecular weight excluding hydrogens is 644 g/mol. The van der Waals surface area contributed by atoms with E-state index in [0.717, 1.165) is 21.1 Å². The molecule has 3 aromatic carbocycles. The minimum atomic E-state index is -0.445. The van der Waals surface area contributed by atoms with Crippen LogP contribution in [0.3, 0.4) is 0 Å². The maximum Gasteiger partial charge on any atom is 0.277 e. The first-order valence-corrected chi connectivity index (χ1v) is 13.9. The largest absolute Gasteiger partial charge is 0.490 e. The molecule has 0 aliphatic heterocycles. The summed E-state index contributed by atoms with van der Waals surface area (Å²) in [7, 11) is 0. The lowest BCUT2D eigenvalue weighted by molar-refractivity contribution is -0.123. The van der Waals surface area contributed by atoms with Crippen LogP contribution in [-0.2, 0) is 9.59 Å². The van der Waals surface area contributed by atoms with Crippen molar-refractivity contribution in [2.75, 3.05) is 25.1 Å². The highest BCUT2D eigenvalue weighted by Crippen LogP contribution is 2.37. The van der Waals surface area contributed by atoms with Gasteiger partial charge < -0.3 is 19.5 Å². The zero-order chi connectivity index (χ0) is 28.5. The minimum Gasteiger partial charge on any atom is -0.490 e. The highest BCUT2D eigenvalue weighted by molar-refractivity contribution is 9.11. The number of aromatic nitrogens is 1. The summed E-state index contributed by atoms with van der Waals surface area (Å²) in [5.74, 6) is 0.593. The molecule has 9 nitrogen and oxygen atoms in total. The second kappa shape index (κ2) is 13.9. The molecule has 0 fully saturated rings. The number of rotatable bonds is 11. The third-order valence-corrected chi connectivity index (χ3v) is 6.79. The van der Waals surface area contributed by atoms with Crippen LogP contribution in [-0.4, -0.2) is 42.8 Å². The maximum atomic E-state index is 12.4. The second-order valence-corrected chi connectivity index (χ2v) is 10.2. The van der Waals surface area contributed by atoms with E-state index in [2.05, 4.69) is 52.7 Å². The fourth-order valence-electron chi connectivity index (χ4n) is 3.67. The summed E-state index contributed by atoms with van der Waals surface area (Å²) in [5.41, 5.74) is 5.42. The van der Waals surface area contributed by atoms with Crippen molar-refractivity contribution in [1.82, 2.24) is 10.4 Å². The number of carbonyl (C=O) groups excluding carboxylic acids is 2. The van der Waals surface area contributed by atoms with E-state index in [1.165, 1.54) is 6.21 Å². The average molecular weight is 670 g/mol. The number of hydrazone groups is 1. The fourth-order valence-corrected chi connectivity index (χ4v) is 5.06. The number of para-hydroxylation sites is 1. The Hall–Kier alpha value is -3.96. The number of amides is 2. The maximum absolute atomic E-state index is 12.4. The lowest BCUT2D eigenvalue weighted by Gasteiger charge is -2.13. The monoisotopic (exact) mass is 668 g/mol. The molecule has 0 unspecified atom stereocenters. The topological polar surface area (TPSA) is 111 Å². The molecule has 0 aliphatic carbocycles. The number of carbonyl (C=O) groups is 2. The van der Waals surface area contributed by atoms with Crippen LogP contribution >= 0.6 is 31.9 Å². The highest BCUT2D eigenvalue weighted by Gasteiger charge is 2.14. The molecule has 0 aliphatic rings. The van der Waals surface area contributed by atoms with E-state index in [9.17, 15) is 9.59 Å². The number of fused-ring (bicyclic) bond motifs is 1. The Morgan fingerprint density at radius 1 is 0.925 bits per heavy atom. The predicted molar refractivity (Wildman–Crippen MR) is 161 cm³/mol. The SMILES string of the molecule is CCOc1cc(/C=N/NC(=O)COc2c(Br)cc(Br)c3cccnc23)ccc1OCC(=O)Nc1ccccc1C. The van der Waals surface area contributed by atoms with Gasteiger partial charge in [0.2, 0.25) is 0 Å². The van der Waals surface area contributed by atoms with Gasteiger partial charge in [0.1, 0.15) is 5.52 Å². The molecule has 0 atom stereocenters. The van der Waals surface area contributed by atoms with Crippen LogP contribution in [0.4, 0.5) is 5.69 Å². The molecule has 2 amide bonds. The van der Waals surface area contributed by atoms with Crippen molar-refractivity contribution in [3.05, 3.63) is 86.9 Å². The van der Waals surface area contributed by atoms with E-state index in [-0.39, 0.29) is 19.1 Å². The van der Waals surface area contributed by atoms with Crippen molar-refractivity contribution in [3.8, 4) is 17.2 Å². The van der Waals surface area contributed by atoms with Gasteiger partial charge in [-0.25, -0.2) is 5.43 Å². The Bertz CT molecular complexity index is 1560. The molecule has 11 heteroatoms. The van der Waals surface area contributed by atoms with Crippen molar-refractivity contribution in [2.45, 2.75) is 13.8 Å². The van der Waals surface area contributed by atoms with E-state index in [1.54, 1.807) is 24.4 Å². The van der Waals surface area contributed by atoms with Gasteiger partial charge in [0.15, 0.2) is 30.5 Å². The number of hydrogen-bond donors (Lipinski definition) is 2. The Labute approximate surface area is 248 Å². The average Bonchev–Trinajstić information content (AvgIpc) is 2.94. The van der Waals surface area contributed by atoms with Gasteiger partial charge >= 0.3 is 0 Å². The number of hydrogen-bond acceptors (Lipinski definition) is 7. The Kier molecular flexibility index (Phi) is 10.1. The van der Waals surface area contributed by atoms with Gasteiger partial charge in [0.25, 0.3) is 11.8 Å². The molecule has 0 spiro atoms. The lowest BCUT2D eigenvalue weighted by atomic mass is 10.2. The van der Waals surface area contributed by atoms with Crippen LogP contribution in [0.2, 0.25) is 0 Å². The number of nitrogens with one attached hydrogen (secondary N) is 2. The van der Waals surface area contributed by atoms with Crippen LogP contribution in [0.15, 0.2) is 80.9 Å². The van der Waals surface area contributed by atoms with Gasteiger partial charge in [-0.05, 0) is 77.3 Å². The molecule has 0 saturated heterocycles. The Morgan fingerprint density at radius 3 is 2.52 bits per heavy atom. The first-order valence-electron chi connectivity index (χ1n) is 12.3. The highest BCUT2D eigenvalue weighted by atomic mass is 79.9. The molecule has 4 aromatic rings. The number of halogens is 2. The number of aryl methyl sites for hydroxylation is 1. The summed E-state index contributed by atoms with van der Waals surface area (Å²) in [6.07, 6.45) is 3.13. The summed E-state index contributed by atoms with van der Waals surface area (Å²) < 4.78 is 18.6. The molecule has 206 valence electrons. The van der Waals surface area contributed by atoms with Crippen molar-refractivity contribution < 1.29 is 23.8 Å². The molecule has 0 radical (unpaired) electrons. The van der Waals surface area contributed by atoms with E-state index in [0.29, 0.717) is 39.4 Å². The zero-order valence-corrected chi connectivity index (χ0v) is 24.9. The molecule has 40 heavy (non-hydrogen) atoms. The smallest absolute Gasteiger partial charge is 0.277 e. The van der Waals surface area contributed by atoms with Gasteiger partial charge in [-0.2, -0.15) is 5.10 Å². The van der Waals surface area contributed by atoms with Crippen molar-refractivity contribution >= 4 is 66.5 Å². The molecular formula is C29H26Br2N4O5. The first kappa shape index (κ1) is 29.0. The fraction of sp³-hybridized carbons (Fsp3) is 0.172. The molecule has 1 heterocycles. The quantitative estimate of drug-likeness (QED) is 0.149. The summed E-state index contributed by atoms with van der Waals surface area (Å²) in [5, 5.41) is 7.71. The third kappa shape index (κ3) is 7.57. The van der Waals surface area contributed by atoms with Crippen LogP contribution in [0, 0.1) is 6.92 Å². The first-order chi connectivity index (χ1) is 19.4. The van der Waals surface area contributed by atoms with Crippen molar-refractivity contribution in [1.29, 1.82) is 0 Å². The second-order valence-electron chi connectivity index (χ2n) is 8.44.